The van der Waals surface area contributed by atoms with Gasteiger partial charge in [0, 0.05) is 6.92 Å². The quantitative estimate of drug-likeness (QED) is 0.770. The van der Waals surface area contributed by atoms with Gasteiger partial charge in [0.2, 0.25) is 0 Å². The van der Waals surface area contributed by atoms with Gasteiger partial charge in [-0.2, -0.15) is 0 Å². The van der Waals surface area contributed by atoms with Crippen LogP contribution >= 0.6 is 0 Å². The molecular formula is C10H16F2O2. The number of alkyl halides is 2. The van der Waals surface area contributed by atoms with Gasteiger partial charge in [0.15, 0.2) is 0 Å². The maximum absolute atomic E-state index is 13.0. The second-order valence-corrected chi connectivity index (χ2v) is 4.17. The highest BCUT2D eigenvalue weighted by Gasteiger charge is 2.45. The zero-order chi connectivity index (χ0) is 10.8. The summed E-state index contributed by atoms with van der Waals surface area (Å²) >= 11 is 0. The molecule has 0 aromatic rings. The van der Waals surface area contributed by atoms with Crippen LogP contribution < -0.4 is 0 Å². The predicted octanol–water partition coefficient (Wildman–Crippen LogP) is 2.92. The van der Waals surface area contributed by atoms with Crippen molar-refractivity contribution in [3.63, 3.8) is 0 Å². The van der Waals surface area contributed by atoms with E-state index < -0.39 is 17.8 Å². The number of carboxylic acids is 1. The van der Waals surface area contributed by atoms with Crippen LogP contribution in [0.5, 0.6) is 0 Å². The molecule has 1 aliphatic rings. The van der Waals surface area contributed by atoms with Gasteiger partial charge in [0.25, 0.3) is 5.92 Å². The van der Waals surface area contributed by atoms with Crippen LogP contribution in [0.1, 0.15) is 39.0 Å². The molecule has 4 heteroatoms. The van der Waals surface area contributed by atoms with Gasteiger partial charge in [-0.15, -0.1) is 0 Å². The van der Waals surface area contributed by atoms with E-state index in [1.165, 1.54) is 0 Å². The molecule has 0 aliphatic heterocycles. The van der Waals surface area contributed by atoms with Crippen molar-refractivity contribution in [3.8, 4) is 0 Å². The summed E-state index contributed by atoms with van der Waals surface area (Å²) < 4.78 is 26.1. The van der Waals surface area contributed by atoms with E-state index in [1.807, 2.05) is 0 Å². The van der Waals surface area contributed by atoms with Gasteiger partial charge >= 0.3 is 5.97 Å². The highest BCUT2D eigenvalue weighted by atomic mass is 19.3. The number of carboxylic acid groups (broad SMARTS) is 1. The fraction of sp³-hybridized carbons (Fsp3) is 0.900. The summed E-state index contributed by atoms with van der Waals surface area (Å²) in [5.41, 5.74) is 0. The molecule has 1 rings (SSSR count). The van der Waals surface area contributed by atoms with E-state index in [2.05, 4.69) is 0 Å². The Labute approximate surface area is 82.3 Å². The molecule has 82 valence electrons. The van der Waals surface area contributed by atoms with E-state index in [4.69, 9.17) is 5.11 Å². The van der Waals surface area contributed by atoms with Gasteiger partial charge in [0.05, 0.1) is 0 Å². The lowest BCUT2D eigenvalue weighted by molar-refractivity contribution is -0.161. The van der Waals surface area contributed by atoms with Gasteiger partial charge in [0.1, 0.15) is 5.92 Å². The van der Waals surface area contributed by atoms with Crippen LogP contribution in [0.2, 0.25) is 0 Å². The minimum atomic E-state index is -3.10. The molecule has 0 radical (unpaired) electrons. The van der Waals surface area contributed by atoms with Crippen molar-refractivity contribution in [3.05, 3.63) is 0 Å². The Morgan fingerprint density at radius 2 is 1.86 bits per heavy atom. The van der Waals surface area contributed by atoms with E-state index in [9.17, 15) is 13.6 Å². The number of rotatable bonds is 3. The van der Waals surface area contributed by atoms with Crippen molar-refractivity contribution in [2.24, 2.45) is 11.8 Å². The minimum absolute atomic E-state index is 0.346. The van der Waals surface area contributed by atoms with Gasteiger partial charge < -0.3 is 5.11 Å². The van der Waals surface area contributed by atoms with Crippen LogP contribution in [0, 0.1) is 11.8 Å². The Hall–Kier alpha value is -0.670. The molecule has 0 saturated heterocycles. The zero-order valence-corrected chi connectivity index (χ0v) is 8.30. The van der Waals surface area contributed by atoms with Crippen molar-refractivity contribution >= 4 is 5.97 Å². The molecule has 0 spiro atoms. The molecular weight excluding hydrogens is 190 g/mol. The predicted molar refractivity (Wildman–Crippen MR) is 48.3 cm³/mol. The molecule has 1 fully saturated rings. The van der Waals surface area contributed by atoms with Gasteiger partial charge in [-0.3, -0.25) is 4.79 Å². The van der Waals surface area contributed by atoms with Crippen LogP contribution in [-0.4, -0.2) is 17.0 Å². The molecule has 0 bridgehead atoms. The first-order valence-electron chi connectivity index (χ1n) is 5.03. The first-order chi connectivity index (χ1) is 6.43. The summed E-state index contributed by atoms with van der Waals surface area (Å²) in [7, 11) is 0. The third kappa shape index (κ3) is 2.66. The smallest absolute Gasteiger partial charge is 0.312 e. The van der Waals surface area contributed by atoms with Crippen molar-refractivity contribution in [1.82, 2.24) is 0 Å². The SMILES string of the molecule is CC(F)(F)C(C(=O)O)C1CCCCC1. The largest absolute Gasteiger partial charge is 0.481 e. The van der Waals surface area contributed by atoms with E-state index in [-0.39, 0.29) is 5.92 Å². The Morgan fingerprint density at radius 1 is 1.36 bits per heavy atom. The Bertz CT molecular complexity index is 205. The van der Waals surface area contributed by atoms with Gasteiger partial charge in [-0.05, 0) is 18.8 Å². The second-order valence-electron chi connectivity index (χ2n) is 4.17. The van der Waals surface area contributed by atoms with Crippen LogP contribution in [0.3, 0.4) is 0 Å². The highest BCUT2D eigenvalue weighted by Crippen LogP contribution is 2.38. The summed E-state index contributed by atoms with van der Waals surface area (Å²) in [6, 6.07) is 0. The molecule has 1 saturated carbocycles. The van der Waals surface area contributed by atoms with Crippen LogP contribution in [-0.2, 0) is 4.79 Å². The molecule has 0 heterocycles. The molecule has 0 aromatic carbocycles. The molecule has 1 unspecified atom stereocenters. The average molecular weight is 206 g/mol. The lowest BCUT2D eigenvalue weighted by Crippen LogP contribution is -2.38. The molecule has 0 amide bonds. The van der Waals surface area contributed by atoms with Gasteiger partial charge in [-0.1, -0.05) is 19.3 Å². The van der Waals surface area contributed by atoms with Crippen molar-refractivity contribution in [2.45, 2.75) is 45.0 Å². The van der Waals surface area contributed by atoms with E-state index >= 15 is 0 Å². The lowest BCUT2D eigenvalue weighted by atomic mass is 9.77. The van der Waals surface area contributed by atoms with Crippen molar-refractivity contribution in [1.29, 1.82) is 0 Å². The minimum Gasteiger partial charge on any atom is -0.481 e. The summed E-state index contributed by atoms with van der Waals surface area (Å²) in [5, 5.41) is 8.78. The van der Waals surface area contributed by atoms with E-state index in [1.54, 1.807) is 0 Å². The number of hydrogen-bond acceptors (Lipinski definition) is 1. The first-order valence-corrected chi connectivity index (χ1v) is 5.03. The fourth-order valence-corrected chi connectivity index (χ4v) is 2.30. The molecule has 1 aliphatic carbocycles. The molecule has 1 N–H and O–H groups in total. The first kappa shape index (κ1) is 11.4. The Balaban J connectivity index is 2.71. The number of halogens is 2. The summed E-state index contributed by atoms with van der Waals surface area (Å²) in [5.74, 6) is -6.30. The third-order valence-electron chi connectivity index (χ3n) is 2.93. The molecule has 2 nitrogen and oxygen atoms in total. The zero-order valence-electron chi connectivity index (χ0n) is 8.30. The molecule has 14 heavy (non-hydrogen) atoms. The topological polar surface area (TPSA) is 37.3 Å². The van der Waals surface area contributed by atoms with Crippen LogP contribution in [0.25, 0.3) is 0 Å². The monoisotopic (exact) mass is 206 g/mol. The van der Waals surface area contributed by atoms with Crippen molar-refractivity contribution < 1.29 is 18.7 Å². The summed E-state index contributed by atoms with van der Waals surface area (Å²) in [6.45, 7) is 0.709. The Kier molecular flexibility index (Phi) is 3.45. The third-order valence-corrected chi connectivity index (χ3v) is 2.93. The number of carbonyl (C=O) groups is 1. The van der Waals surface area contributed by atoms with Crippen LogP contribution in [0.4, 0.5) is 8.78 Å². The van der Waals surface area contributed by atoms with Crippen LogP contribution in [0.15, 0.2) is 0 Å². The normalized spacial score (nSPS) is 21.9. The van der Waals surface area contributed by atoms with E-state index in [0.29, 0.717) is 19.8 Å². The average Bonchev–Trinajstić information content (AvgIpc) is 2.02. The summed E-state index contributed by atoms with van der Waals surface area (Å²) in [4.78, 5) is 10.8. The number of hydrogen-bond donors (Lipinski definition) is 1. The van der Waals surface area contributed by atoms with Gasteiger partial charge in [-0.25, -0.2) is 8.78 Å². The summed E-state index contributed by atoms with van der Waals surface area (Å²) in [6.07, 6.45) is 4.05. The van der Waals surface area contributed by atoms with E-state index in [0.717, 1.165) is 19.3 Å². The molecule has 1 atom stereocenters. The fourth-order valence-electron chi connectivity index (χ4n) is 2.30. The Morgan fingerprint density at radius 3 is 2.21 bits per heavy atom. The van der Waals surface area contributed by atoms with Crippen molar-refractivity contribution in [2.75, 3.05) is 0 Å². The lowest BCUT2D eigenvalue weighted by Gasteiger charge is -2.30. The number of aliphatic carboxylic acids is 1. The standard InChI is InChI=1S/C10H16F2O2/c1-10(11,12)8(9(13)14)7-5-3-2-4-6-7/h7-8H,2-6H2,1H3,(H,13,14). The maximum atomic E-state index is 13.0. The second kappa shape index (κ2) is 4.24. The maximum Gasteiger partial charge on any atom is 0.312 e. The molecule has 0 aromatic heterocycles. The highest BCUT2D eigenvalue weighted by molar-refractivity contribution is 5.71.